The molecule has 0 unspecified atom stereocenters. The predicted octanol–water partition coefficient (Wildman–Crippen LogP) is 2.44. The molecule has 1 heterocycles. The molecule has 1 aliphatic heterocycles. The topological polar surface area (TPSA) is 86.8 Å². The molecule has 158 valence electrons. The highest BCUT2D eigenvalue weighted by Crippen LogP contribution is 2.55. The number of hydrogen-bond donors (Lipinski definition) is 1. The lowest BCUT2D eigenvalue weighted by atomic mass is 9.53. The minimum Gasteiger partial charge on any atom is -0.349 e. The smallest absolute Gasteiger partial charge is 0.334 e. The molecule has 0 aromatic rings. The van der Waals surface area contributed by atoms with Gasteiger partial charge in [-0.15, -0.1) is 0 Å². The van der Waals surface area contributed by atoms with Gasteiger partial charge in [0.15, 0.2) is 0 Å². The van der Waals surface area contributed by atoms with Crippen molar-refractivity contribution in [2.45, 2.75) is 82.7 Å². The summed E-state index contributed by atoms with van der Waals surface area (Å²) in [5, 5.41) is 3.20. The van der Waals surface area contributed by atoms with Crippen LogP contribution < -0.4 is 5.32 Å². The van der Waals surface area contributed by atoms with Gasteiger partial charge in [0.25, 0.3) is 0 Å². The lowest BCUT2D eigenvalue weighted by molar-refractivity contribution is -0.145. The fourth-order valence-electron chi connectivity index (χ4n) is 7.38. The monoisotopic (exact) mass is 401 g/mol. The molecule has 7 heteroatoms. The molecule has 0 spiro atoms. The zero-order valence-electron chi connectivity index (χ0n) is 17.2. The Labute approximate surface area is 171 Å². The SMILES string of the molecule is C[C@@H]1CCCC[C@H]1N1C(=O)C(=O)N(CC(=O)NC23CC4CC(CC(C4)C2)C3)C1=O. The van der Waals surface area contributed by atoms with Crippen LogP contribution in [0.5, 0.6) is 0 Å². The van der Waals surface area contributed by atoms with Crippen LogP contribution in [0.3, 0.4) is 0 Å². The van der Waals surface area contributed by atoms with Crippen molar-refractivity contribution < 1.29 is 19.2 Å². The van der Waals surface area contributed by atoms with Crippen LogP contribution in [0.25, 0.3) is 0 Å². The molecule has 6 fully saturated rings. The number of carbonyl (C=O) groups excluding carboxylic acids is 4. The Balaban J connectivity index is 1.26. The molecule has 2 atom stereocenters. The number of imide groups is 2. The molecule has 0 aromatic carbocycles. The van der Waals surface area contributed by atoms with E-state index < -0.39 is 17.8 Å². The van der Waals surface area contributed by atoms with E-state index in [1.165, 1.54) is 19.3 Å². The number of amides is 5. The molecule has 7 nitrogen and oxygen atoms in total. The third-order valence-electron chi connectivity index (χ3n) is 8.23. The minimum absolute atomic E-state index is 0.167. The molecular formula is C22H31N3O4. The maximum atomic E-state index is 12.9. The Morgan fingerprint density at radius 3 is 2.14 bits per heavy atom. The van der Waals surface area contributed by atoms with Crippen LogP contribution in [-0.2, 0) is 14.4 Å². The van der Waals surface area contributed by atoms with Crippen LogP contribution in [0.4, 0.5) is 4.79 Å². The van der Waals surface area contributed by atoms with Crippen molar-refractivity contribution in [3.63, 3.8) is 0 Å². The van der Waals surface area contributed by atoms with Gasteiger partial charge in [-0.2, -0.15) is 0 Å². The van der Waals surface area contributed by atoms with E-state index in [9.17, 15) is 19.2 Å². The highest BCUT2D eigenvalue weighted by Gasteiger charge is 2.53. The van der Waals surface area contributed by atoms with Gasteiger partial charge >= 0.3 is 17.8 Å². The van der Waals surface area contributed by atoms with Crippen LogP contribution in [0.2, 0.25) is 0 Å². The molecule has 5 saturated carbocycles. The van der Waals surface area contributed by atoms with Crippen molar-refractivity contribution in [2.75, 3.05) is 6.54 Å². The molecule has 5 amide bonds. The first-order valence-corrected chi connectivity index (χ1v) is 11.4. The highest BCUT2D eigenvalue weighted by molar-refractivity contribution is 6.45. The molecule has 0 aromatic heterocycles. The van der Waals surface area contributed by atoms with Gasteiger partial charge in [-0.25, -0.2) is 9.69 Å². The summed E-state index contributed by atoms with van der Waals surface area (Å²) in [7, 11) is 0. The van der Waals surface area contributed by atoms with E-state index >= 15 is 0 Å². The molecule has 1 N–H and O–H groups in total. The van der Waals surface area contributed by atoms with Gasteiger partial charge in [0.2, 0.25) is 5.91 Å². The molecular weight excluding hydrogens is 370 g/mol. The van der Waals surface area contributed by atoms with Crippen molar-refractivity contribution in [1.29, 1.82) is 0 Å². The third kappa shape index (κ3) is 3.17. The maximum absolute atomic E-state index is 12.9. The summed E-state index contributed by atoms with van der Waals surface area (Å²) in [6.07, 6.45) is 10.6. The summed E-state index contributed by atoms with van der Waals surface area (Å²) < 4.78 is 0. The molecule has 5 aliphatic carbocycles. The summed E-state index contributed by atoms with van der Waals surface area (Å²) in [4.78, 5) is 52.8. The average molecular weight is 402 g/mol. The molecule has 1 saturated heterocycles. The van der Waals surface area contributed by atoms with Gasteiger partial charge in [0.1, 0.15) is 6.54 Å². The van der Waals surface area contributed by atoms with Gasteiger partial charge in [0.05, 0.1) is 0 Å². The summed E-state index contributed by atoms with van der Waals surface area (Å²) >= 11 is 0. The maximum Gasteiger partial charge on any atom is 0.334 e. The predicted molar refractivity (Wildman–Crippen MR) is 104 cm³/mol. The first-order valence-electron chi connectivity index (χ1n) is 11.4. The van der Waals surface area contributed by atoms with Crippen molar-refractivity contribution in [3.8, 4) is 0 Å². The Bertz CT molecular complexity index is 728. The number of nitrogens with zero attached hydrogens (tertiary/aromatic N) is 2. The number of urea groups is 1. The standard InChI is InChI=1S/C22H31N3O4/c1-13-4-2-3-5-17(13)25-20(28)19(27)24(21(25)29)12-18(26)23-22-9-14-6-15(10-22)8-16(7-14)11-22/h13-17H,2-12H2,1H3,(H,23,26)/t13-,14?,15?,16?,17-,22?/m1/s1. The lowest BCUT2D eigenvalue weighted by Gasteiger charge is -2.56. The third-order valence-corrected chi connectivity index (χ3v) is 8.23. The number of carbonyl (C=O) groups is 4. The lowest BCUT2D eigenvalue weighted by Crippen LogP contribution is -2.61. The largest absolute Gasteiger partial charge is 0.349 e. The second-order valence-corrected chi connectivity index (χ2v) is 10.4. The first-order chi connectivity index (χ1) is 13.8. The van der Waals surface area contributed by atoms with E-state index in [0.29, 0.717) is 17.8 Å². The highest BCUT2D eigenvalue weighted by atomic mass is 16.2. The van der Waals surface area contributed by atoms with Gasteiger partial charge < -0.3 is 5.32 Å². The van der Waals surface area contributed by atoms with Crippen molar-refractivity contribution in [1.82, 2.24) is 15.1 Å². The summed E-state index contributed by atoms with van der Waals surface area (Å²) in [5.74, 6) is 0.347. The van der Waals surface area contributed by atoms with E-state index in [4.69, 9.17) is 0 Å². The van der Waals surface area contributed by atoms with Crippen LogP contribution in [0.15, 0.2) is 0 Å². The fraction of sp³-hybridized carbons (Fsp3) is 0.818. The number of hydrogen-bond acceptors (Lipinski definition) is 4. The Morgan fingerprint density at radius 1 is 0.966 bits per heavy atom. The van der Waals surface area contributed by atoms with E-state index in [-0.39, 0.29) is 30.0 Å². The molecule has 4 bridgehead atoms. The quantitative estimate of drug-likeness (QED) is 0.579. The second kappa shape index (κ2) is 6.81. The van der Waals surface area contributed by atoms with Gasteiger partial charge in [-0.1, -0.05) is 19.8 Å². The number of rotatable bonds is 4. The normalized spacial score (nSPS) is 41.4. The molecule has 0 radical (unpaired) electrons. The molecule has 29 heavy (non-hydrogen) atoms. The van der Waals surface area contributed by atoms with E-state index in [1.54, 1.807) is 0 Å². The van der Waals surface area contributed by atoms with Gasteiger partial charge in [-0.3, -0.25) is 19.3 Å². The minimum atomic E-state index is -0.853. The fourth-order valence-corrected chi connectivity index (χ4v) is 7.38. The zero-order chi connectivity index (χ0) is 20.3. The van der Waals surface area contributed by atoms with E-state index in [2.05, 4.69) is 5.32 Å². The molecule has 6 aliphatic rings. The second-order valence-electron chi connectivity index (χ2n) is 10.4. The molecule has 6 rings (SSSR count). The summed E-state index contributed by atoms with van der Waals surface area (Å²) in [5.41, 5.74) is -0.167. The number of nitrogens with one attached hydrogen (secondary N) is 1. The van der Waals surface area contributed by atoms with Crippen molar-refractivity contribution in [2.24, 2.45) is 23.7 Å². The Kier molecular flexibility index (Phi) is 4.48. The average Bonchev–Trinajstić information content (AvgIpc) is 2.84. The van der Waals surface area contributed by atoms with Crippen LogP contribution in [0.1, 0.15) is 71.1 Å². The Morgan fingerprint density at radius 2 is 1.55 bits per heavy atom. The van der Waals surface area contributed by atoms with Gasteiger partial charge in [-0.05, 0) is 75.0 Å². The van der Waals surface area contributed by atoms with Crippen LogP contribution in [-0.4, -0.2) is 51.7 Å². The zero-order valence-corrected chi connectivity index (χ0v) is 17.2. The van der Waals surface area contributed by atoms with Crippen LogP contribution >= 0.6 is 0 Å². The summed E-state index contributed by atoms with van der Waals surface area (Å²) in [6, 6.07) is -0.844. The van der Waals surface area contributed by atoms with Gasteiger partial charge in [0, 0.05) is 11.6 Å². The van der Waals surface area contributed by atoms with Crippen molar-refractivity contribution >= 4 is 23.8 Å². The van der Waals surface area contributed by atoms with Crippen molar-refractivity contribution in [3.05, 3.63) is 0 Å². The Hall–Kier alpha value is -1.92. The first kappa shape index (κ1) is 19.1. The van der Waals surface area contributed by atoms with E-state index in [0.717, 1.165) is 54.7 Å². The van der Waals surface area contributed by atoms with Crippen LogP contribution in [0, 0.1) is 23.7 Å². The summed E-state index contributed by atoms with van der Waals surface area (Å²) in [6.45, 7) is 1.68. The van der Waals surface area contributed by atoms with E-state index in [1.807, 2.05) is 6.92 Å².